The third-order valence-electron chi connectivity index (χ3n) is 9.23. The number of carbonyl (C=O) groups is 1. The summed E-state index contributed by atoms with van der Waals surface area (Å²) >= 11 is 0. The van der Waals surface area contributed by atoms with Crippen molar-refractivity contribution in [2.24, 2.45) is 11.8 Å². The standard InChI is InChI=1S/C40H45NO7/c1-47-39-21-26(9-13-35(39)43)18-31(20-28-15-16-41-25-28)37(45)24-38(46)32(19-27-10-14-36(44)40(22-27)48-2)23-30-12-11-29-6-3-4-7-33(29)34(30)8-5-17-42/h3-4,6-7,9-16,21-22,25,31-32,37,41-45H,5,8,17-20,23-24H2,1-2H3. The molecule has 5 aromatic rings. The van der Waals surface area contributed by atoms with Crippen molar-refractivity contribution in [2.45, 2.75) is 51.0 Å². The fraction of sp³-hybridized carbons (Fsp3) is 0.325. The van der Waals surface area contributed by atoms with Crippen LogP contribution in [0.1, 0.15) is 40.7 Å². The number of hydrogen-bond donors (Lipinski definition) is 5. The van der Waals surface area contributed by atoms with Crippen molar-refractivity contribution in [3.05, 3.63) is 119 Å². The number of aliphatic hydroxyl groups excluding tert-OH is 2. The number of nitrogens with one attached hydrogen (secondary N) is 1. The fourth-order valence-corrected chi connectivity index (χ4v) is 6.65. The molecule has 4 aromatic carbocycles. The van der Waals surface area contributed by atoms with Gasteiger partial charge < -0.3 is 34.9 Å². The summed E-state index contributed by atoms with van der Waals surface area (Å²) in [5, 5.41) is 44.0. The summed E-state index contributed by atoms with van der Waals surface area (Å²) in [7, 11) is 2.99. The molecule has 0 saturated carbocycles. The second kappa shape index (κ2) is 16.4. The average molecular weight is 652 g/mol. The fourth-order valence-electron chi connectivity index (χ4n) is 6.65. The topological polar surface area (TPSA) is 132 Å². The molecule has 0 amide bonds. The van der Waals surface area contributed by atoms with Gasteiger partial charge in [-0.05, 0) is 113 Å². The zero-order valence-corrected chi connectivity index (χ0v) is 27.6. The van der Waals surface area contributed by atoms with Crippen LogP contribution in [0.3, 0.4) is 0 Å². The third-order valence-corrected chi connectivity index (χ3v) is 9.23. The van der Waals surface area contributed by atoms with Crippen LogP contribution in [0.15, 0.2) is 91.3 Å². The van der Waals surface area contributed by atoms with Crippen molar-refractivity contribution < 1.29 is 34.7 Å². The maximum Gasteiger partial charge on any atom is 0.160 e. The second-order valence-corrected chi connectivity index (χ2v) is 12.5. The number of Topliss-reactive ketones (excluding diaryl/α,β-unsaturated/α-hetero) is 1. The van der Waals surface area contributed by atoms with Gasteiger partial charge in [0.25, 0.3) is 0 Å². The van der Waals surface area contributed by atoms with E-state index in [9.17, 15) is 25.2 Å². The van der Waals surface area contributed by atoms with Crippen LogP contribution in [0.4, 0.5) is 0 Å². The monoisotopic (exact) mass is 651 g/mol. The van der Waals surface area contributed by atoms with Crippen molar-refractivity contribution in [3.63, 3.8) is 0 Å². The molecule has 0 aliphatic rings. The minimum atomic E-state index is -0.936. The summed E-state index contributed by atoms with van der Waals surface area (Å²) in [4.78, 5) is 17.4. The Morgan fingerprint density at radius 1 is 0.792 bits per heavy atom. The van der Waals surface area contributed by atoms with Gasteiger partial charge >= 0.3 is 0 Å². The van der Waals surface area contributed by atoms with E-state index in [1.165, 1.54) is 14.2 Å². The highest BCUT2D eigenvalue weighted by molar-refractivity contribution is 5.87. The number of aliphatic hydroxyl groups is 2. The number of ether oxygens (including phenoxy) is 2. The predicted octanol–water partition coefficient (Wildman–Crippen LogP) is 6.34. The van der Waals surface area contributed by atoms with Gasteiger partial charge in [-0.25, -0.2) is 0 Å². The highest BCUT2D eigenvalue weighted by Crippen LogP contribution is 2.33. The summed E-state index contributed by atoms with van der Waals surface area (Å²) in [6.07, 6.45) is 5.93. The Kier molecular flexibility index (Phi) is 11.8. The van der Waals surface area contributed by atoms with E-state index in [0.717, 1.165) is 38.6 Å². The van der Waals surface area contributed by atoms with Gasteiger partial charge in [0.15, 0.2) is 23.0 Å². The van der Waals surface area contributed by atoms with E-state index in [-0.39, 0.29) is 36.2 Å². The zero-order valence-electron chi connectivity index (χ0n) is 27.6. The third kappa shape index (κ3) is 8.56. The number of phenolic OH excluding ortho intramolecular Hbond substituents is 2. The van der Waals surface area contributed by atoms with Gasteiger partial charge in [-0.3, -0.25) is 4.79 Å². The number of aryl methyl sites for hydroxylation is 1. The molecule has 0 saturated heterocycles. The van der Waals surface area contributed by atoms with Crippen LogP contribution in [-0.4, -0.2) is 58.1 Å². The summed E-state index contributed by atoms with van der Waals surface area (Å²) in [6, 6.07) is 24.6. The van der Waals surface area contributed by atoms with Gasteiger partial charge in [0.05, 0.1) is 20.3 Å². The van der Waals surface area contributed by atoms with E-state index < -0.39 is 12.0 Å². The van der Waals surface area contributed by atoms with Crippen LogP contribution in [-0.2, 0) is 36.9 Å². The maximum absolute atomic E-state index is 14.3. The molecular weight excluding hydrogens is 606 g/mol. The Labute approximate surface area is 281 Å². The van der Waals surface area contributed by atoms with Crippen LogP contribution in [0.5, 0.6) is 23.0 Å². The lowest BCUT2D eigenvalue weighted by molar-refractivity contribution is -0.125. The molecule has 252 valence electrons. The van der Waals surface area contributed by atoms with Crippen LogP contribution in [0, 0.1) is 11.8 Å². The number of aromatic hydroxyl groups is 2. The molecule has 0 aliphatic heterocycles. The molecule has 3 unspecified atom stereocenters. The minimum absolute atomic E-state index is 0.0267. The number of fused-ring (bicyclic) bond motifs is 1. The molecule has 0 spiro atoms. The number of hydrogen-bond acceptors (Lipinski definition) is 7. The molecule has 3 atom stereocenters. The van der Waals surface area contributed by atoms with E-state index in [2.05, 4.69) is 29.2 Å². The first-order chi connectivity index (χ1) is 23.3. The van der Waals surface area contributed by atoms with Gasteiger partial charge in [0, 0.05) is 31.3 Å². The average Bonchev–Trinajstić information content (AvgIpc) is 3.61. The number of H-pyrrole nitrogens is 1. The summed E-state index contributed by atoms with van der Waals surface area (Å²) in [5.41, 5.74) is 4.91. The van der Waals surface area contributed by atoms with Gasteiger partial charge in [-0.15, -0.1) is 0 Å². The Bertz CT molecular complexity index is 1800. The molecule has 1 heterocycles. The Balaban J connectivity index is 1.45. The second-order valence-electron chi connectivity index (χ2n) is 12.5. The lowest BCUT2D eigenvalue weighted by Crippen LogP contribution is -2.31. The van der Waals surface area contributed by atoms with Gasteiger partial charge in [-0.1, -0.05) is 48.5 Å². The van der Waals surface area contributed by atoms with E-state index in [1.807, 2.05) is 36.7 Å². The van der Waals surface area contributed by atoms with E-state index in [1.54, 1.807) is 30.3 Å². The van der Waals surface area contributed by atoms with Crippen molar-refractivity contribution in [2.75, 3.05) is 20.8 Å². The van der Waals surface area contributed by atoms with Crippen molar-refractivity contribution in [3.8, 4) is 23.0 Å². The number of aromatic nitrogens is 1. The van der Waals surface area contributed by atoms with Crippen LogP contribution in [0.2, 0.25) is 0 Å². The van der Waals surface area contributed by atoms with Crippen molar-refractivity contribution >= 4 is 16.6 Å². The summed E-state index contributed by atoms with van der Waals surface area (Å²) in [5.74, 6) is -0.0464. The molecular formula is C40H45NO7. The molecule has 8 nitrogen and oxygen atoms in total. The Morgan fingerprint density at radius 2 is 1.46 bits per heavy atom. The molecule has 0 fully saturated rings. The Hall–Kier alpha value is -4.79. The lowest BCUT2D eigenvalue weighted by atomic mass is 9.81. The van der Waals surface area contributed by atoms with E-state index >= 15 is 0 Å². The number of benzene rings is 4. The molecule has 0 bridgehead atoms. The molecule has 8 heteroatoms. The van der Waals surface area contributed by atoms with Gasteiger partial charge in [0.1, 0.15) is 5.78 Å². The molecule has 0 radical (unpaired) electrons. The van der Waals surface area contributed by atoms with E-state index in [4.69, 9.17) is 9.47 Å². The minimum Gasteiger partial charge on any atom is -0.504 e. The first-order valence-corrected chi connectivity index (χ1v) is 16.4. The summed E-state index contributed by atoms with van der Waals surface area (Å²) < 4.78 is 10.7. The SMILES string of the molecule is COc1cc(CC(Cc2ccc3ccccc3c2CCCO)C(=O)CC(O)C(Cc2cc[nH]c2)Cc2ccc(O)c(OC)c2)ccc1O. The Morgan fingerprint density at radius 3 is 2.10 bits per heavy atom. The first-order valence-electron chi connectivity index (χ1n) is 16.4. The largest absolute Gasteiger partial charge is 0.504 e. The lowest BCUT2D eigenvalue weighted by Gasteiger charge is -2.25. The predicted molar refractivity (Wildman–Crippen MR) is 187 cm³/mol. The zero-order chi connectivity index (χ0) is 34.0. The molecule has 0 aliphatic carbocycles. The van der Waals surface area contributed by atoms with E-state index in [0.29, 0.717) is 50.0 Å². The smallest absolute Gasteiger partial charge is 0.160 e. The molecule has 5 rings (SSSR count). The number of methoxy groups -OCH3 is 2. The number of carbonyl (C=O) groups excluding carboxylic acids is 1. The molecule has 48 heavy (non-hydrogen) atoms. The number of aromatic amines is 1. The number of rotatable bonds is 17. The van der Waals surface area contributed by atoms with Gasteiger partial charge in [-0.2, -0.15) is 0 Å². The van der Waals surface area contributed by atoms with Gasteiger partial charge in [0.2, 0.25) is 0 Å². The maximum atomic E-state index is 14.3. The first kappa shape index (κ1) is 34.5. The van der Waals surface area contributed by atoms with Crippen LogP contribution < -0.4 is 9.47 Å². The van der Waals surface area contributed by atoms with Crippen molar-refractivity contribution in [1.29, 1.82) is 0 Å². The highest BCUT2D eigenvalue weighted by Gasteiger charge is 2.29. The van der Waals surface area contributed by atoms with Crippen LogP contribution >= 0.6 is 0 Å². The molecule has 1 aromatic heterocycles. The quantitative estimate of drug-likeness (QED) is 0.0792. The molecule has 5 N–H and O–H groups in total. The summed E-state index contributed by atoms with van der Waals surface area (Å²) in [6.45, 7) is 0.0694. The number of ketones is 1. The number of phenols is 2. The van der Waals surface area contributed by atoms with Crippen LogP contribution in [0.25, 0.3) is 10.8 Å². The van der Waals surface area contributed by atoms with Crippen molar-refractivity contribution in [1.82, 2.24) is 4.98 Å². The highest BCUT2D eigenvalue weighted by atomic mass is 16.5. The normalized spacial score (nSPS) is 13.2.